The van der Waals surface area contributed by atoms with E-state index in [1.807, 2.05) is 30.3 Å². The van der Waals surface area contributed by atoms with Gasteiger partial charge in [-0.3, -0.25) is 14.9 Å². The molecule has 2 aromatic carbocycles. The third-order valence-electron chi connectivity index (χ3n) is 2.57. The van der Waals surface area contributed by atoms with Crippen LogP contribution in [-0.2, 0) is 4.79 Å². The largest absolute Gasteiger partial charge is 0.355 e. The number of rotatable bonds is 4. The van der Waals surface area contributed by atoms with Gasteiger partial charge in [0.25, 0.3) is 5.69 Å². The molecule has 1 amide bonds. The van der Waals surface area contributed by atoms with E-state index < -0.39 is 4.92 Å². The fourth-order valence-electron chi connectivity index (χ4n) is 1.75. The van der Waals surface area contributed by atoms with Crippen molar-refractivity contribution < 1.29 is 9.72 Å². The average molecular weight is 271 g/mol. The van der Waals surface area contributed by atoms with Crippen LogP contribution in [0.5, 0.6) is 0 Å². The first-order valence-electron chi connectivity index (χ1n) is 5.94. The van der Waals surface area contributed by atoms with Crippen molar-refractivity contribution >= 4 is 28.7 Å². The van der Waals surface area contributed by atoms with Crippen LogP contribution in [0.1, 0.15) is 6.92 Å². The van der Waals surface area contributed by atoms with Crippen LogP contribution in [0.4, 0.5) is 22.7 Å². The summed E-state index contributed by atoms with van der Waals surface area (Å²) >= 11 is 0. The van der Waals surface area contributed by atoms with Gasteiger partial charge in [0.05, 0.1) is 4.92 Å². The number of benzene rings is 2. The molecule has 0 fully saturated rings. The number of carbonyl (C=O) groups is 1. The Hall–Kier alpha value is -2.89. The Kier molecular flexibility index (Phi) is 3.95. The average Bonchev–Trinajstić information content (AvgIpc) is 2.39. The van der Waals surface area contributed by atoms with Gasteiger partial charge < -0.3 is 10.6 Å². The van der Waals surface area contributed by atoms with E-state index in [9.17, 15) is 14.9 Å². The van der Waals surface area contributed by atoms with Crippen LogP contribution in [0.2, 0.25) is 0 Å². The third kappa shape index (κ3) is 3.32. The molecule has 0 aliphatic rings. The molecule has 2 aromatic rings. The number of para-hydroxylation sites is 1. The number of nitrogens with zero attached hydrogens (tertiary/aromatic N) is 1. The van der Waals surface area contributed by atoms with Crippen LogP contribution in [0, 0.1) is 10.1 Å². The summed E-state index contributed by atoms with van der Waals surface area (Å²) in [5, 5.41) is 16.5. The quantitative estimate of drug-likeness (QED) is 0.660. The van der Waals surface area contributed by atoms with Crippen LogP contribution in [-0.4, -0.2) is 10.8 Å². The molecule has 0 spiro atoms. The summed E-state index contributed by atoms with van der Waals surface area (Å²) in [6.45, 7) is 1.31. The van der Waals surface area contributed by atoms with E-state index in [-0.39, 0.29) is 17.3 Å². The molecule has 2 N–H and O–H groups in total. The molecular weight excluding hydrogens is 258 g/mol. The molecule has 0 aromatic heterocycles. The van der Waals surface area contributed by atoms with Gasteiger partial charge in [0.2, 0.25) is 5.91 Å². The fraction of sp³-hybridized carbons (Fsp3) is 0.0714. The number of hydrogen-bond donors (Lipinski definition) is 2. The predicted octanol–water partition coefficient (Wildman–Crippen LogP) is 3.30. The van der Waals surface area contributed by atoms with E-state index in [0.29, 0.717) is 5.69 Å². The number of amides is 1. The minimum atomic E-state index is -0.530. The molecule has 102 valence electrons. The topological polar surface area (TPSA) is 84.3 Å². The second-order valence-corrected chi connectivity index (χ2v) is 4.16. The molecule has 0 bridgehead atoms. The van der Waals surface area contributed by atoms with Crippen LogP contribution >= 0.6 is 0 Å². The van der Waals surface area contributed by atoms with Crippen molar-refractivity contribution in [3.63, 3.8) is 0 Å². The molecule has 0 unspecified atom stereocenters. The summed E-state index contributed by atoms with van der Waals surface area (Å²) in [5.74, 6) is -0.357. The zero-order valence-electron chi connectivity index (χ0n) is 10.8. The maximum absolute atomic E-state index is 11.1. The molecule has 20 heavy (non-hydrogen) atoms. The predicted molar refractivity (Wildman–Crippen MR) is 77.1 cm³/mol. The second kappa shape index (κ2) is 5.83. The van der Waals surface area contributed by atoms with E-state index in [1.165, 1.54) is 19.1 Å². The molecule has 0 atom stereocenters. The van der Waals surface area contributed by atoms with Crippen LogP contribution in [0.15, 0.2) is 48.5 Å². The van der Waals surface area contributed by atoms with Crippen molar-refractivity contribution in [2.24, 2.45) is 0 Å². The van der Waals surface area contributed by atoms with Gasteiger partial charge in [0.1, 0.15) is 5.69 Å². The molecular formula is C14H13N3O3. The standard InChI is InChI=1S/C14H13N3O3/c1-10(18)15-13-9-12(7-8-14(13)17(19)20)16-11-5-3-2-4-6-11/h2-9,16H,1H3,(H,15,18). The van der Waals surface area contributed by atoms with Gasteiger partial charge in [0, 0.05) is 24.4 Å². The van der Waals surface area contributed by atoms with Crippen LogP contribution < -0.4 is 10.6 Å². The minimum absolute atomic E-state index is 0.140. The van der Waals surface area contributed by atoms with Crippen molar-refractivity contribution in [3.05, 3.63) is 58.6 Å². The van der Waals surface area contributed by atoms with Crippen molar-refractivity contribution in [1.82, 2.24) is 0 Å². The van der Waals surface area contributed by atoms with Gasteiger partial charge in [0.15, 0.2) is 0 Å². The smallest absolute Gasteiger partial charge is 0.292 e. The van der Waals surface area contributed by atoms with Crippen molar-refractivity contribution in [2.75, 3.05) is 10.6 Å². The van der Waals surface area contributed by atoms with Gasteiger partial charge in [-0.2, -0.15) is 0 Å². The minimum Gasteiger partial charge on any atom is -0.355 e. The molecule has 0 aliphatic heterocycles. The zero-order valence-corrected chi connectivity index (χ0v) is 10.8. The Balaban J connectivity index is 2.31. The van der Waals surface area contributed by atoms with Crippen LogP contribution in [0.25, 0.3) is 0 Å². The number of nitro benzene ring substituents is 1. The Morgan fingerprint density at radius 3 is 2.40 bits per heavy atom. The first-order valence-corrected chi connectivity index (χ1v) is 5.94. The number of hydrogen-bond acceptors (Lipinski definition) is 4. The lowest BCUT2D eigenvalue weighted by atomic mass is 10.2. The van der Waals surface area contributed by atoms with Crippen molar-refractivity contribution in [1.29, 1.82) is 0 Å². The maximum atomic E-state index is 11.1. The van der Waals surface area contributed by atoms with Crippen molar-refractivity contribution in [3.8, 4) is 0 Å². The van der Waals surface area contributed by atoms with E-state index in [2.05, 4.69) is 10.6 Å². The second-order valence-electron chi connectivity index (χ2n) is 4.16. The van der Waals surface area contributed by atoms with Gasteiger partial charge in [-0.1, -0.05) is 18.2 Å². The van der Waals surface area contributed by atoms with Gasteiger partial charge >= 0.3 is 0 Å². The number of nitrogens with one attached hydrogen (secondary N) is 2. The Morgan fingerprint density at radius 1 is 1.10 bits per heavy atom. The number of anilines is 3. The highest BCUT2D eigenvalue weighted by molar-refractivity contribution is 5.92. The summed E-state index contributed by atoms with van der Waals surface area (Å²) in [7, 11) is 0. The Bertz CT molecular complexity index is 641. The van der Waals surface area contributed by atoms with Crippen LogP contribution in [0.3, 0.4) is 0 Å². The summed E-state index contributed by atoms with van der Waals surface area (Å²) in [5.41, 5.74) is 1.54. The monoisotopic (exact) mass is 271 g/mol. The van der Waals surface area contributed by atoms with Gasteiger partial charge in [-0.25, -0.2) is 0 Å². The molecule has 0 radical (unpaired) electrons. The lowest BCUT2D eigenvalue weighted by Gasteiger charge is -2.09. The Labute approximate surface area is 115 Å². The summed E-state index contributed by atoms with van der Waals surface area (Å²) in [4.78, 5) is 21.5. The Morgan fingerprint density at radius 2 is 1.80 bits per heavy atom. The molecule has 0 aliphatic carbocycles. The highest BCUT2D eigenvalue weighted by Crippen LogP contribution is 2.29. The molecule has 0 heterocycles. The first kappa shape index (κ1) is 13.5. The van der Waals surface area contributed by atoms with E-state index in [1.54, 1.807) is 6.07 Å². The molecule has 6 heteroatoms. The third-order valence-corrected chi connectivity index (χ3v) is 2.57. The fourth-order valence-corrected chi connectivity index (χ4v) is 1.75. The van der Waals surface area contributed by atoms with Gasteiger partial charge in [-0.05, 0) is 24.3 Å². The lowest BCUT2D eigenvalue weighted by Crippen LogP contribution is -2.08. The molecule has 0 saturated carbocycles. The summed E-state index contributed by atoms with van der Waals surface area (Å²) < 4.78 is 0. The van der Waals surface area contributed by atoms with E-state index in [4.69, 9.17) is 0 Å². The van der Waals surface area contributed by atoms with E-state index in [0.717, 1.165) is 5.69 Å². The first-order chi connectivity index (χ1) is 9.56. The summed E-state index contributed by atoms with van der Waals surface area (Å²) in [6, 6.07) is 13.9. The summed E-state index contributed by atoms with van der Waals surface area (Å²) in [6.07, 6.45) is 0. The molecule has 2 rings (SSSR count). The highest BCUT2D eigenvalue weighted by Gasteiger charge is 2.15. The molecule has 0 saturated heterocycles. The molecule has 6 nitrogen and oxygen atoms in total. The SMILES string of the molecule is CC(=O)Nc1cc(Nc2ccccc2)ccc1[N+](=O)[O-]. The number of nitro groups is 1. The lowest BCUT2D eigenvalue weighted by molar-refractivity contribution is -0.383. The normalized spacial score (nSPS) is 9.85. The van der Waals surface area contributed by atoms with E-state index >= 15 is 0 Å². The zero-order chi connectivity index (χ0) is 14.5. The maximum Gasteiger partial charge on any atom is 0.292 e. The van der Waals surface area contributed by atoms with Gasteiger partial charge in [-0.15, -0.1) is 0 Å². The highest BCUT2D eigenvalue weighted by atomic mass is 16.6. The van der Waals surface area contributed by atoms with Crippen molar-refractivity contribution in [2.45, 2.75) is 6.92 Å². The number of carbonyl (C=O) groups excluding carboxylic acids is 1.